The topological polar surface area (TPSA) is 34.3 Å². The van der Waals surface area contributed by atoms with E-state index in [0.29, 0.717) is 0 Å². The van der Waals surface area contributed by atoms with Crippen molar-refractivity contribution in [1.82, 2.24) is 0 Å². The molecule has 78 valence electrons. The molecule has 4 unspecified atom stereocenters. The Kier molecular flexibility index (Phi) is 1.55. The van der Waals surface area contributed by atoms with Crippen LogP contribution in [0.4, 0.5) is 0 Å². The summed E-state index contributed by atoms with van der Waals surface area (Å²) in [6, 6.07) is 8.57. The van der Waals surface area contributed by atoms with Crippen LogP contribution in [-0.4, -0.2) is 25.4 Å². The van der Waals surface area contributed by atoms with Gasteiger partial charge >= 0.3 is 0 Å². The normalized spacial score (nSPS) is 41.3. The van der Waals surface area contributed by atoms with Crippen LogP contribution in [0.2, 0.25) is 0 Å². The van der Waals surface area contributed by atoms with Gasteiger partial charge in [0, 0.05) is 0 Å². The third-order valence-electron chi connectivity index (χ3n) is 3.28. The molecule has 4 atom stereocenters. The Hall–Kier alpha value is -0.900. The molecule has 0 spiro atoms. The molecule has 0 radical (unpaired) electrons. The van der Waals surface area contributed by atoms with Crippen LogP contribution in [0.1, 0.15) is 23.3 Å². The number of rotatable bonds is 2. The molecule has 2 fully saturated rings. The van der Waals surface area contributed by atoms with Gasteiger partial charge in [-0.1, -0.05) is 24.3 Å². The summed E-state index contributed by atoms with van der Waals surface area (Å²) in [5.41, 5.74) is 2.45. The fourth-order valence-corrected chi connectivity index (χ4v) is 2.26. The molecule has 15 heavy (non-hydrogen) atoms. The highest BCUT2D eigenvalue weighted by Gasteiger charge is 2.43. The molecule has 2 bridgehead atoms. The second-order valence-corrected chi connectivity index (χ2v) is 4.39. The average molecular weight is 204 g/mol. The molecule has 0 amide bonds. The number of epoxide rings is 2. The lowest BCUT2D eigenvalue weighted by molar-refractivity contribution is -0.0386. The average Bonchev–Trinajstić information content (AvgIpc) is 3.10. The second-order valence-electron chi connectivity index (χ2n) is 4.39. The highest BCUT2D eigenvalue weighted by molar-refractivity contribution is 5.31. The lowest BCUT2D eigenvalue weighted by atomic mass is 10.0. The van der Waals surface area contributed by atoms with Crippen LogP contribution in [0.15, 0.2) is 24.3 Å². The zero-order valence-corrected chi connectivity index (χ0v) is 8.26. The van der Waals surface area contributed by atoms with E-state index in [1.807, 2.05) is 0 Å². The fourth-order valence-electron chi connectivity index (χ4n) is 2.26. The van der Waals surface area contributed by atoms with E-state index in [9.17, 15) is 0 Å². The number of ether oxygens (including phenoxy) is 3. The van der Waals surface area contributed by atoms with Gasteiger partial charge in [0.15, 0.2) is 0 Å². The molecule has 0 saturated carbocycles. The van der Waals surface area contributed by atoms with Crippen molar-refractivity contribution in [2.45, 2.75) is 24.4 Å². The van der Waals surface area contributed by atoms with Gasteiger partial charge in [-0.25, -0.2) is 0 Å². The summed E-state index contributed by atoms with van der Waals surface area (Å²) in [4.78, 5) is 0. The quantitative estimate of drug-likeness (QED) is 0.686. The van der Waals surface area contributed by atoms with Crippen LogP contribution in [0.3, 0.4) is 0 Å². The molecule has 0 aromatic heterocycles. The predicted molar refractivity (Wildman–Crippen MR) is 52.5 cm³/mol. The Morgan fingerprint density at radius 3 is 1.53 bits per heavy atom. The molecule has 1 aromatic carbocycles. The molecular weight excluding hydrogens is 192 g/mol. The van der Waals surface area contributed by atoms with Crippen LogP contribution >= 0.6 is 0 Å². The van der Waals surface area contributed by atoms with Crippen molar-refractivity contribution in [3.05, 3.63) is 35.4 Å². The summed E-state index contributed by atoms with van der Waals surface area (Å²) in [5.74, 6) is 0. The Labute approximate surface area is 87.9 Å². The van der Waals surface area contributed by atoms with Gasteiger partial charge in [0.2, 0.25) is 0 Å². The van der Waals surface area contributed by atoms with E-state index in [1.54, 1.807) is 0 Å². The van der Waals surface area contributed by atoms with Crippen molar-refractivity contribution in [3.8, 4) is 0 Å². The maximum Gasteiger partial charge on any atom is 0.112 e. The molecule has 3 heteroatoms. The second kappa shape index (κ2) is 2.82. The lowest BCUT2D eigenvalue weighted by Gasteiger charge is -2.18. The minimum atomic E-state index is 0.103. The SMILES string of the molecule is c1cc2ccc1C(C1CO1)OC2C1CO1. The summed E-state index contributed by atoms with van der Waals surface area (Å²) >= 11 is 0. The first-order valence-corrected chi connectivity index (χ1v) is 5.40. The molecule has 2 saturated heterocycles. The lowest BCUT2D eigenvalue weighted by Crippen LogP contribution is -2.15. The highest BCUT2D eigenvalue weighted by atomic mass is 16.6. The molecule has 4 heterocycles. The van der Waals surface area contributed by atoms with Crippen molar-refractivity contribution in [2.24, 2.45) is 0 Å². The minimum absolute atomic E-state index is 0.103. The standard InChI is InChI=1S/C12H12O3/c1-2-8-4-3-7(1)11(9-5-13-9)15-12(8)10-6-14-10/h1-4,9-12H,5-6H2. The van der Waals surface area contributed by atoms with Gasteiger partial charge in [-0.05, 0) is 11.1 Å². The molecule has 5 rings (SSSR count). The molecule has 4 aliphatic heterocycles. The maximum absolute atomic E-state index is 6.10. The fraction of sp³-hybridized carbons (Fsp3) is 0.500. The largest absolute Gasteiger partial charge is 0.370 e. The van der Waals surface area contributed by atoms with E-state index in [0.717, 1.165) is 13.2 Å². The molecule has 0 N–H and O–H groups in total. The van der Waals surface area contributed by atoms with Crippen molar-refractivity contribution in [1.29, 1.82) is 0 Å². The molecule has 1 aromatic rings. The zero-order chi connectivity index (χ0) is 9.83. The Bertz CT molecular complexity index is 341. The summed E-state index contributed by atoms with van der Waals surface area (Å²) in [6.45, 7) is 1.65. The van der Waals surface area contributed by atoms with Gasteiger partial charge in [-0.3, -0.25) is 0 Å². The first-order chi connectivity index (χ1) is 7.42. The van der Waals surface area contributed by atoms with Gasteiger partial charge in [0.05, 0.1) is 13.2 Å². The number of fused-ring (bicyclic) bond motifs is 4. The van der Waals surface area contributed by atoms with Crippen LogP contribution in [-0.2, 0) is 14.2 Å². The third kappa shape index (κ3) is 1.31. The predicted octanol–water partition coefficient (Wildman–Crippen LogP) is 1.60. The number of hydrogen-bond donors (Lipinski definition) is 0. The van der Waals surface area contributed by atoms with Gasteiger partial charge in [-0.2, -0.15) is 0 Å². The minimum Gasteiger partial charge on any atom is -0.370 e. The number of benzene rings is 1. The summed E-state index contributed by atoms with van der Waals surface area (Å²) in [6.07, 6.45) is 0.722. The zero-order valence-electron chi connectivity index (χ0n) is 8.26. The smallest absolute Gasteiger partial charge is 0.112 e. The van der Waals surface area contributed by atoms with Gasteiger partial charge in [-0.15, -0.1) is 0 Å². The Morgan fingerprint density at radius 2 is 1.20 bits per heavy atom. The summed E-state index contributed by atoms with van der Waals surface area (Å²) in [5, 5.41) is 0. The van der Waals surface area contributed by atoms with Gasteiger partial charge in [0.1, 0.15) is 24.4 Å². The third-order valence-corrected chi connectivity index (χ3v) is 3.28. The van der Waals surface area contributed by atoms with E-state index in [4.69, 9.17) is 14.2 Å². The van der Waals surface area contributed by atoms with E-state index in [2.05, 4.69) is 24.3 Å². The summed E-state index contributed by atoms with van der Waals surface area (Å²) < 4.78 is 16.8. The van der Waals surface area contributed by atoms with Gasteiger partial charge in [0.25, 0.3) is 0 Å². The van der Waals surface area contributed by atoms with E-state index < -0.39 is 0 Å². The van der Waals surface area contributed by atoms with Crippen LogP contribution in [0.25, 0.3) is 0 Å². The van der Waals surface area contributed by atoms with E-state index in [-0.39, 0.29) is 24.4 Å². The first-order valence-electron chi connectivity index (χ1n) is 5.40. The van der Waals surface area contributed by atoms with Crippen molar-refractivity contribution in [2.75, 3.05) is 13.2 Å². The van der Waals surface area contributed by atoms with E-state index in [1.165, 1.54) is 11.1 Å². The van der Waals surface area contributed by atoms with Crippen LogP contribution < -0.4 is 0 Å². The summed E-state index contributed by atoms with van der Waals surface area (Å²) in [7, 11) is 0. The maximum atomic E-state index is 6.10. The van der Waals surface area contributed by atoms with E-state index >= 15 is 0 Å². The van der Waals surface area contributed by atoms with Crippen LogP contribution in [0.5, 0.6) is 0 Å². The molecular formula is C12H12O3. The van der Waals surface area contributed by atoms with Crippen LogP contribution in [0, 0.1) is 0 Å². The Morgan fingerprint density at radius 1 is 0.800 bits per heavy atom. The van der Waals surface area contributed by atoms with Crippen molar-refractivity contribution >= 4 is 0 Å². The van der Waals surface area contributed by atoms with Crippen molar-refractivity contribution < 1.29 is 14.2 Å². The molecule has 0 aliphatic carbocycles. The first kappa shape index (κ1) is 8.28. The molecule has 3 nitrogen and oxygen atoms in total. The highest BCUT2D eigenvalue weighted by Crippen LogP contribution is 2.43. The molecule has 4 aliphatic rings. The van der Waals surface area contributed by atoms with Gasteiger partial charge < -0.3 is 14.2 Å². The number of hydrogen-bond acceptors (Lipinski definition) is 3. The Balaban J connectivity index is 1.73. The monoisotopic (exact) mass is 204 g/mol. The van der Waals surface area contributed by atoms with Crippen molar-refractivity contribution in [3.63, 3.8) is 0 Å².